The summed E-state index contributed by atoms with van der Waals surface area (Å²) < 4.78 is 7.58. The maximum absolute atomic E-state index is 13.3. The fourth-order valence-electron chi connectivity index (χ4n) is 3.70. The first kappa shape index (κ1) is 20.7. The second-order valence-corrected chi connectivity index (χ2v) is 7.54. The minimum Gasteiger partial charge on any atom is -0.494 e. The van der Waals surface area contributed by atoms with E-state index in [-0.39, 0.29) is 5.91 Å². The van der Waals surface area contributed by atoms with Crippen molar-refractivity contribution in [3.8, 4) is 5.75 Å². The first-order valence-corrected chi connectivity index (χ1v) is 10.6. The Balaban J connectivity index is 1.61. The van der Waals surface area contributed by atoms with Gasteiger partial charge in [-0.15, -0.1) is 0 Å². The lowest BCUT2D eigenvalue weighted by molar-refractivity contribution is -0.113. The third kappa shape index (κ3) is 4.60. The monoisotopic (exact) mass is 417 g/mol. The number of hydrogen-bond donors (Lipinski definition) is 2. The van der Waals surface area contributed by atoms with E-state index < -0.39 is 6.04 Å². The molecule has 2 aromatic carbocycles. The van der Waals surface area contributed by atoms with Gasteiger partial charge in [0.25, 0.3) is 5.91 Å². The first-order valence-electron chi connectivity index (χ1n) is 10.6. The number of anilines is 2. The Morgan fingerprint density at radius 2 is 1.90 bits per heavy atom. The zero-order chi connectivity index (χ0) is 21.6. The number of carbonyl (C=O) groups is 1. The van der Waals surface area contributed by atoms with E-state index in [2.05, 4.69) is 27.6 Å². The van der Waals surface area contributed by atoms with Gasteiger partial charge in [0.15, 0.2) is 0 Å². The van der Waals surface area contributed by atoms with Crippen LogP contribution in [0.3, 0.4) is 0 Å². The maximum Gasteiger partial charge on any atom is 0.255 e. The molecular formula is C24H27N5O2. The second kappa shape index (κ2) is 9.47. The highest BCUT2D eigenvalue weighted by atomic mass is 16.5. The molecule has 160 valence electrons. The van der Waals surface area contributed by atoms with Crippen molar-refractivity contribution in [2.75, 3.05) is 17.2 Å². The zero-order valence-corrected chi connectivity index (χ0v) is 17.8. The lowest BCUT2D eigenvalue weighted by Gasteiger charge is -2.28. The standard InChI is InChI=1S/C24H27N5O2/c1-3-4-8-15-31-20-13-11-18(12-14-20)22-21(17(2)27-24-25-16-26-29(22)24)23(30)28-19-9-6-5-7-10-19/h5-7,9-14,16,22H,3-4,8,15H2,1-2H3,(H,28,30)(H,25,26,27). The van der Waals surface area contributed by atoms with Crippen molar-refractivity contribution in [2.24, 2.45) is 0 Å². The third-order valence-corrected chi connectivity index (χ3v) is 5.28. The van der Waals surface area contributed by atoms with Crippen LogP contribution >= 0.6 is 0 Å². The molecule has 1 aliphatic rings. The number of para-hydroxylation sites is 1. The van der Waals surface area contributed by atoms with Gasteiger partial charge in [-0.25, -0.2) is 4.68 Å². The number of unbranched alkanes of at least 4 members (excludes halogenated alkanes) is 2. The van der Waals surface area contributed by atoms with Crippen LogP contribution in [0.4, 0.5) is 11.6 Å². The molecule has 0 saturated carbocycles. The lowest BCUT2D eigenvalue weighted by atomic mass is 9.95. The first-order chi connectivity index (χ1) is 15.2. The smallest absolute Gasteiger partial charge is 0.255 e. The van der Waals surface area contributed by atoms with Crippen LogP contribution in [0.15, 0.2) is 72.2 Å². The summed E-state index contributed by atoms with van der Waals surface area (Å²) in [6.07, 6.45) is 4.86. The van der Waals surface area contributed by atoms with Crippen LogP contribution in [0.1, 0.15) is 44.7 Å². The van der Waals surface area contributed by atoms with E-state index in [1.165, 1.54) is 6.33 Å². The molecule has 0 fully saturated rings. The molecule has 3 aromatic rings. The summed E-state index contributed by atoms with van der Waals surface area (Å²) >= 11 is 0. The highest BCUT2D eigenvalue weighted by Crippen LogP contribution is 2.35. The summed E-state index contributed by atoms with van der Waals surface area (Å²) in [5.41, 5.74) is 3.02. The summed E-state index contributed by atoms with van der Waals surface area (Å²) in [5, 5.41) is 10.6. The Morgan fingerprint density at radius 3 is 2.65 bits per heavy atom. The van der Waals surface area contributed by atoms with Crippen molar-refractivity contribution >= 4 is 17.5 Å². The average Bonchev–Trinajstić information content (AvgIpc) is 3.25. The molecule has 2 N–H and O–H groups in total. The SMILES string of the molecule is CCCCCOc1ccc(C2C(C(=O)Nc3ccccc3)=C(C)Nc3ncnn32)cc1. The summed E-state index contributed by atoms with van der Waals surface area (Å²) in [6, 6.07) is 16.9. The lowest BCUT2D eigenvalue weighted by Crippen LogP contribution is -2.31. The van der Waals surface area contributed by atoms with Crippen LogP contribution in [0.25, 0.3) is 0 Å². The third-order valence-electron chi connectivity index (χ3n) is 5.28. The predicted molar refractivity (Wildman–Crippen MR) is 121 cm³/mol. The van der Waals surface area contributed by atoms with Crippen molar-refractivity contribution in [2.45, 2.75) is 39.2 Å². The molecule has 7 heteroatoms. The van der Waals surface area contributed by atoms with Crippen molar-refractivity contribution in [1.82, 2.24) is 14.8 Å². The quantitative estimate of drug-likeness (QED) is 0.516. The van der Waals surface area contributed by atoms with Gasteiger partial charge in [-0.2, -0.15) is 10.1 Å². The van der Waals surface area contributed by atoms with Crippen molar-refractivity contribution in [3.05, 3.63) is 77.8 Å². The van der Waals surface area contributed by atoms with Crippen LogP contribution in [0.5, 0.6) is 5.75 Å². The van der Waals surface area contributed by atoms with Crippen LogP contribution in [-0.4, -0.2) is 27.3 Å². The summed E-state index contributed by atoms with van der Waals surface area (Å²) in [5.74, 6) is 1.25. The molecule has 1 atom stereocenters. The topological polar surface area (TPSA) is 81.1 Å². The van der Waals surface area contributed by atoms with Crippen molar-refractivity contribution in [3.63, 3.8) is 0 Å². The number of nitrogens with one attached hydrogen (secondary N) is 2. The Hall–Kier alpha value is -3.61. The van der Waals surface area contributed by atoms with E-state index in [1.807, 2.05) is 61.5 Å². The molecule has 0 saturated heterocycles. The van der Waals surface area contributed by atoms with E-state index in [4.69, 9.17) is 4.74 Å². The minimum atomic E-state index is -0.392. The van der Waals surface area contributed by atoms with Crippen LogP contribution in [-0.2, 0) is 4.79 Å². The van der Waals surface area contributed by atoms with Crippen LogP contribution < -0.4 is 15.4 Å². The molecule has 0 spiro atoms. The van der Waals surface area contributed by atoms with Gasteiger partial charge in [-0.05, 0) is 43.2 Å². The molecule has 4 rings (SSSR count). The van der Waals surface area contributed by atoms with Gasteiger partial charge in [0.2, 0.25) is 5.95 Å². The number of allylic oxidation sites excluding steroid dienone is 1. The number of carbonyl (C=O) groups excluding carboxylic acids is 1. The van der Waals surface area contributed by atoms with E-state index in [0.717, 1.165) is 42.0 Å². The van der Waals surface area contributed by atoms with Gasteiger partial charge in [-0.1, -0.05) is 50.1 Å². The number of rotatable bonds is 8. The number of nitrogens with zero attached hydrogens (tertiary/aromatic N) is 3. The van der Waals surface area contributed by atoms with E-state index in [0.29, 0.717) is 18.1 Å². The predicted octanol–water partition coefficient (Wildman–Crippen LogP) is 4.77. The molecule has 1 aromatic heterocycles. The average molecular weight is 418 g/mol. The number of aromatic nitrogens is 3. The molecule has 1 amide bonds. The largest absolute Gasteiger partial charge is 0.494 e. The number of hydrogen-bond acceptors (Lipinski definition) is 5. The Kier molecular flexibility index (Phi) is 6.31. The van der Waals surface area contributed by atoms with E-state index >= 15 is 0 Å². The molecule has 1 unspecified atom stereocenters. The Labute approximate surface area is 182 Å². The van der Waals surface area contributed by atoms with E-state index in [9.17, 15) is 4.79 Å². The highest BCUT2D eigenvalue weighted by Gasteiger charge is 2.33. The maximum atomic E-state index is 13.3. The van der Waals surface area contributed by atoms with Gasteiger partial charge in [0.05, 0.1) is 12.2 Å². The minimum absolute atomic E-state index is 0.178. The molecule has 2 heterocycles. The fraction of sp³-hybridized carbons (Fsp3) is 0.292. The second-order valence-electron chi connectivity index (χ2n) is 7.54. The molecule has 0 radical (unpaired) electrons. The Morgan fingerprint density at radius 1 is 1.13 bits per heavy atom. The van der Waals surface area contributed by atoms with Crippen molar-refractivity contribution in [1.29, 1.82) is 0 Å². The number of amides is 1. The number of benzene rings is 2. The molecule has 31 heavy (non-hydrogen) atoms. The van der Waals surface area contributed by atoms with Gasteiger partial charge in [0, 0.05) is 11.4 Å². The van der Waals surface area contributed by atoms with Gasteiger partial charge in [0.1, 0.15) is 18.1 Å². The molecule has 0 aliphatic carbocycles. The molecular weight excluding hydrogens is 390 g/mol. The summed E-state index contributed by atoms with van der Waals surface area (Å²) in [4.78, 5) is 17.6. The molecule has 1 aliphatic heterocycles. The summed E-state index contributed by atoms with van der Waals surface area (Å²) in [7, 11) is 0. The molecule has 0 bridgehead atoms. The fourth-order valence-corrected chi connectivity index (χ4v) is 3.70. The van der Waals surface area contributed by atoms with Gasteiger partial charge < -0.3 is 15.4 Å². The normalized spacial score (nSPS) is 15.2. The number of fused-ring (bicyclic) bond motifs is 1. The van der Waals surface area contributed by atoms with Crippen molar-refractivity contribution < 1.29 is 9.53 Å². The van der Waals surface area contributed by atoms with Crippen LogP contribution in [0, 0.1) is 0 Å². The summed E-state index contributed by atoms with van der Waals surface area (Å²) in [6.45, 7) is 4.76. The highest BCUT2D eigenvalue weighted by molar-refractivity contribution is 6.06. The van der Waals surface area contributed by atoms with Gasteiger partial charge in [-0.3, -0.25) is 4.79 Å². The number of ether oxygens (including phenoxy) is 1. The zero-order valence-electron chi connectivity index (χ0n) is 17.8. The Bertz CT molecular complexity index is 1060. The van der Waals surface area contributed by atoms with Gasteiger partial charge >= 0.3 is 0 Å². The molecule has 7 nitrogen and oxygen atoms in total. The van der Waals surface area contributed by atoms with Crippen LogP contribution in [0.2, 0.25) is 0 Å². The van der Waals surface area contributed by atoms with E-state index in [1.54, 1.807) is 4.68 Å².